The van der Waals surface area contributed by atoms with Gasteiger partial charge in [-0.25, -0.2) is 0 Å². The first-order valence-corrected chi connectivity index (χ1v) is 6.27. The molecule has 1 aromatic carbocycles. The molecule has 0 aliphatic heterocycles. The van der Waals surface area contributed by atoms with Gasteiger partial charge in [-0.2, -0.15) is 0 Å². The molecule has 4 heteroatoms. The second-order valence-electron chi connectivity index (χ2n) is 4.47. The lowest BCUT2D eigenvalue weighted by atomic mass is 10.0. The largest absolute Gasteiger partial charge is 0.377 e. The lowest BCUT2D eigenvalue weighted by Crippen LogP contribution is -2.34. The van der Waals surface area contributed by atoms with E-state index in [1.54, 1.807) is 0 Å². The molecule has 2 atom stereocenters. The molecule has 0 fully saturated rings. The monoisotopic (exact) mass is 250 g/mol. The van der Waals surface area contributed by atoms with Crippen LogP contribution in [0.2, 0.25) is 0 Å². The predicted molar refractivity (Wildman–Crippen MR) is 73.2 cm³/mol. The second-order valence-corrected chi connectivity index (χ2v) is 4.47. The average molecular weight is 250 g/mol. The van der Waals surface area contributed by atoms with Crippen molar-refractivity contribution in [1.82, 2.24) is 0 Å². The molecule has 0 saturated carbocycles. The van der Waals surface area contributed by atoms with E-state index in [2.05, 4.69) is 5.32 Å². The zero-order chi connectivity index (χ0) is 13.5. The molecule has 0 saturated heterocycles. The normalized spacial score (nSPS) is 14.0. The first kappa shape index (κ1) is 14.7. The number of benzene rings is 1. The molecule has 0 radical (unpaired) electrons. The van der Waals surface area contributed by atoms with Crippen molar-refractivity contribution >= 4 is 11.6 Å². The number of carbonyl (C=O) groups excluding carboxylic acids is 1. The van der Waals surface area contributed by atoms with E-state index < -0.39 is 0 Å². The molecule has 4 nitrogen and oxygen atoms in total. The van der Waals surface area contributed by atoms with Gasteiger partial charge in [0.25, 0.3) is 0 Å². The van der Waals surface area contributed by atoms with Crippen LogP contribution < -0.4 is 11.1 Å². The highest BCUT2D eigenvalue weighted by atomic mass is 16.5. The standard InChI is InChI=1S/C14H22N2O2/c1-4-18-9-12-6-5-7-13(8-12)16-14(17)10(2)11(3)15/h5-8,10-11H,4,9,15H2,1-3H3,(H,16,17). The number of carbonyl (C=O) groups is 1. The molecule has 0 aliphatic rings. The number of hydrogen-bond donors (Lipinski definition) is 2. The zero-order valence-corrected chi connectivity index (χ0v) is 11.3. The Hall–Kier alpha value is -1.39. The van der Waals surface area contributed by atoms with Gasteiger partial charge in [0.15, 0.2) is 0 Å². The topological polar surface area (TPSA) is 64.3 Å². The zero-order valence-electron chi connectivity index (χ0n) is 11.3. The molecule has 0 spiro atoms. The maximum Gasteiger partial charge on any atom is 0.228 e. The first-order valence-electron chi connectivity index (χ1n) is 6.27. The van der Waals surface area contributed by atoms with Crippen LogP contribution in [-0.2, 0) is 16.1 Å². The van der Waals surface area contributed by atoms with Crippen LogP contribution in [0.3, 0.4) is 0 Å². The smallest absolute Gasteiger partial charge is 0.228 e. The van der Waals surface area contributed by atoms with E-state index in [0.717, 1.165) is 11.3 Å². The summed E-state index contributed by atoms with van der Waals surface area (Å²) in [6, 6.07) is 7.50. The highest BCUT2D eigenvalue weighted by Gasteiger charge is 2.16. The highest BCUT2D eigenvalue weighted by molar-refractivity contribution is 5.92. The first-order chi connectivity index (χ1) is 8.54. The lowest BCUT2D eigenvalue weighted by molar-refractivity contribution is -0.119. The number of ether oxygens (including phenoxy) is 1. The van der Waals surface area contributed by atoms with Gasteiger partial charge in [-0.3, -0.25) is 4.79 Å². The van der Waals surface area contributed by atoms with Crippen molar-refractivity contribution in [2.45, 2.75) is 33.4 Å². The molecule has 0 aromatic heterocycles. The molecule has 18 heavy (non-hydrogen) atoms. The average Bonchev–Trinajstić information content (AvgIpc) is 2.35. The SMILES string of the molecule is CCOCc1cccc(NC(=O)C(C)C(C)N)c1. The number of hydrogen-bond acceptors (Lipinski definition) is 3. The molecule has 0 heterocycles. The van der Waals surface area contributed by atoms with Crippen molar-refractivity contribution < 1.29 is 9.53 Å². The summed E-state index contributed by atoms with van der Waals surface area (Å²) in [4.78, 5) is 11.9. The molecule has 3 N–H and O–H groups in total. The fourth-order valence-corrected chi connectivity index (χ4v) is 1.45. The highest BCUT2D eigenvalue weighted by Crippen LogP contribution is 2.13. The minimum Gasteiger partial charge on any atom is -0.377 e. The number of rotatable bonds is 6. The molecular formula is C14H22N2O2. The van der Waals surface area contributed by atoms with E-state index in [0.29, 0.717) is 13.2 Å². The van der Waals surface area contributed by atoms with Gasteiger partial charge in [0.05, 0.1) is 12.5 Å². The molecule has 100 valence electrons. The van der Waals surface area contributed by atoms with Gasteiger partial charge in [-0.15, -0.1) is 0 Å². The van der Waals surface area contributed by atoms with E-state index in [9.17, 15) is 4.79 Å². The van der Waals surface area contributed by atoms with E-state index >= 15 is 0 Å². The molecule has 1 amide bonds. The van der Waals surface area contributed by atoms with Gasteiger partial charge in [0, 0.05) is 18.3 Å². The van der Waals surface area contributed by atoms with Gasteiger partial charge in [0.2, 0.25) is 5.91 Å². The molecule has 0 bridgehead atoms. The summed E-state index contributed by atoms with van der Waals surface area (Å²) in [5.41, 5.74) is 7.53. The molecule has 2 unspecified atom stereocenters. The second kappa shape index (κ2) is 7.13. The third kappa shape index (κ3) is 4.47. The third-order valence-corrected chi connectivity index (χ3v) is 2.87. The van der Waals surface area contributed by atoms with Crippen molar-refractivity contribution in [2.75, 3.05) is 11.9 Å². The summed E-state index contributed by atoms with van der Waals surface area (Å²) in [6.07, 6.45) is 0. The minimum atomic E-state index is -0.208. The van der Waals surface area contributed by atoms with Crippen molar-refractivity contribution in [3.05, 3.63) is 29.8 Å². The fraction of sp³-hybridized carbons (Fsp3) is 0.500. The maximum absolute atomic E-state index is 11.9. The quantitative estimate of drug-likeness (QED) is 0.813. The molecule has 0 aliphatic carbocycles. The van der Waals surface area contributed by atoms with Crippen LogP contribution >= 0.6 is 0 Å². The Morgan fingerprint density at radius 1 is 1.44 bits per heavy atom. The summed E-state index contributed by atoms with van der Waals surface area (Å²) in [5.74, 6) is -0.265. The lowest BCUT2D eigenvalue weighted by Gasteiger charge is -2.15. The Morgan fingerprint density at radius 2 is 2.17 bits per heavy atom. The Labute approximate surface area is 109 Å². The van der Waals surface area contributed by atoms with Crippen molar-refractivity contribution in [3.63, 3.8) is 0 Å². The van der Waals surface area contributed by atoms with Crippen molar-refractivity contribution in [3.8, 4) is 0 Å². The van der Waals surface area contributed by atoms with Crippen LogP contribution in [-0.4, -0.2) is 18.6 Å². The Balaban J connectivity index is 2.64. The maximum atomic E-state index is 11.9. The minimum absolute atomic E-state index is 0.0569. The fourth-order valence-electron chi connectivity index (χ4n) is 1.45. The van der Waals surface area contributed by atoms with Crippen molar-refractivity contribution in [1.29, 1.82) is 0 Å². The summed E-state index contributed by atoms with van der Waals surface area (Å²) in [5, 5.41) is 2.87. The van der Waals surface area contributed by atoms with E-state index in [1.165, 1.54) is 0 Å². The van der Waals surface area contributed by atoms with Crippen molar-refractivity contribution in [2.24, 2.45) is 11.7 Å². The van der Waals surface area contributed by atoms with Crippen LogP contribution in [0.5, 0.6) is 0 Å². The predicted octanol–water partition coefficient (Wildman–Crippen LogP) is 2.14. The van der Waals surface area contributed by atoms with E-state index in [4.69, 9.17) is 10.5 Å². The Kier molecular flexibility index (Phi) is 5.82. The van der Waals surface area contributed by atoms with Crippen LogP contribution in [0.4, 0.5) is 5.69 Å². The van der Waals surface area contributed by atoms with Gasteiger partial charge in [0.1, 0.15) is 0 Å². The summed E-state index contributed by atoms with van der Waals surface area (Å²) in [7, 11) is 0. The number of anilines is 1. The molecular weight excluding hydrogens is 228 g/mol. The van der Waals surface area contributed by atoms with Crippen LogP contribution in [0.1, 0.15) is 26.3 Å². The summed E-state index contributed by atoms with van der Waals surface area (Å²) < 4.78 is 5.33. The number of amides is 1. The number of nitrogens with two attached hydrogens (primary N) is 1. The molecule has 1 aromatic rings. The van der Waals surface area contributed by atoms with Crippen LogP contribution in [0.15, 0.2) is 24.3 Å². The Bertz CT molecular complexity index is 391. The van der Waals surface area contributed by atoms with Crippen LogP contribution in [0, 0.1) is 5.92 Å². The van der Waals surface area contributed by atoms with E-state index in [1.807, 2.05) is 45.0 Å². The molecule has 1 rings (SSSR count). The summed E-state index contributed by atoms with van der Waals surface area (Å²) >= 11 is 0. The Morgan fingerprint density at radius 3 is 2.78 bits per heavy atom. The number of nitrogens with one attached hydrogen (secondary N) is 1. The van der Waals surface area contributed by atoms with Crippen LogP contribution in [0.25, 0.3) is 0 Å². The summed E-state index contributed by atoms with van der Waals surface area (Å²) in [6.45, 7) is 6.84. The van der Waals surface area contributed by atoms with Gasteiger partial charge < -0.3 is 15.8 Å². The van der Waals surface area contributed by atoms with Gasteiger partial charge >= 0.3 is 0 Å². The van der Waals surface area contributed by atoms with Gasteiger partial charge in [-0.1, -0.05) is 19.1 Å². The van der Waals surface area contributed by atoms with Gasteiger partial charge in [-0.05, 0) is 31.5 Å². The third-order valence-electron chi connectivity index (χ3n) is 2.87. The van der Waals surface area contributed by atoms with E-state index in [-0.39, 0.29) is 17.9 Å².